The van der Waals surface area contributed by atoms with Crippen molar-refractivity contribution >= 4 is 94.4 Å². The first-order valence-corrected chi connectivity index (χ1v) is 40.9. The quantitative estimate of drug-likeness (QED) is 0.0335. The van der Waals surface area contributed by atoms with Crippen LogP contribution in [0, 0.1) is 35.5 Å². The van der Waals surface area contributed by atoms with Crippen LogP contribution in [0.1, 0.15) is 163 Å². The minimum Gasteiger partial charge on any atom is -0.480 e. The third-order valence-corrected chi connectivity index (χ3v) is 22.2. The number of aliphatic hydroxyl groups excluding tert-OH is 4. The molecule has 2 aromatic carbocycles. The van der Waals surface area contributed by atoms with Crippen LogP contribution in [0.2, 0.25) is 0 Å². The number of ether oxygens (including phenoxy) is 6. The number of Topliss-reactive ketones (excluding diaryl/α,β-unsaturated/α-hetero) is 2. The molecule has 121 heavy (non-hydrogen) atoms. The van der Waals surface area contributed by atoms with Crippen molar-refractivity contribution in [1.82, 2.24) is 40.4 Å². The van der Waals surface area contributed by atoms with Gasteiger partial charge in [-0.05, 0) is 85.5 Å². The third-order valence-electron chi connectivity index (χ3n) is 22.2. The summed E-state index contributed by atoms with van der Waals surface area (Å²) in [5.74, 6) is -12.9. The molecule has 11 amide bonds. The molecule has 4 aliphatic heterocycles. The predicted molar refractivity (Wildman–Crippen MR) is 435 cm³/mol. The predicted octanol–water partition coefficient (Wildman–Crippen LogP) is 2.70. The maximum Gasteiger partial charge on any atom is 0.410 e. The van der Waals surface area contributed by atoms with E-state index in [-0.39, 0.29) is 117 Å². The van der Waals surface area contributed by atoms with Crippen LogP contribution >= 0.6 is 0 Å². The molecule has 2 fully saturated rings. The number of unbranched alkanes of at least 4 members (excludes halogenated alkanes) is 1. The zero-order valence-electron chi connectivity index (χ0n) is 71.5. The number of carbonyl (C=O) groups is 15. The number of aliphatic carboxylic acids is 2. The van der Waals surface area contributed by atoms with E-state index in [2.05, 4.69) is 21.3 Å². The van der Waals surface area contributed by atoms with Gasteiger partial charge < -0.3 is 101 Å². The van der Waals surface area contributed by atoms with Crippen LogP contribution in [0.25, 0.3) is 0 Å². The molecule has 0 unspecified atom stereocenters. The molecule has 0 spiro atoms. The number of hydrogen-bond acceptors (Lipinski definition) is 26. The molecule has 0 aromatic heterocycles. The summed E-state index contributed by atoms with van der Waals surface area (Å²) in [6.45, 7) is 15.8. The summed E-state index contributed by atoms with van der Waals surface area (Å²) >= 11 is 0. The maximum absolute atomic E-state index is 15.0. The maximum atomic E-state index is 15.0. The van der Waals surface area contributed by atoms with E-state index in [4.69, 9.17) is 39.3 Å². The largest absolute Gasteiger partial charge is 0.480 e. The molecule has 18 atom stereocenters. The number of imide groups is 2. The smallest absolute Gasteiger partial charge is 0.410 e. The molecule has 2 saturated heterocycles. The van der Waals surface area contributed by atoms with Crippen molar-refractivity contribution in [2.75, 3.05) is 73.5 Å². The van der Waals surface area contributed by atoms with Crippen molar-refractivity contribution in [3.05, 3.63) is 84.0 Å². The minimum absolute atomic E-state index is 0.0167. The molecular formula is C84H124N10O27. The molecule has 0 aliphatic carbocycles. The summed E-state index contributed by atoms with van der Waals surface area (Å²) in [6, 6.07) is 6.95. The number of carboxylic acid groups (broad SMARTS) is 2. The van der Waals surface area contributed by atoms with Gasteiger partial charge in [0.1, 0.15) is 54.6 Å². The van der Waals surface area contributed by atoms with Gasteiger partial charge >= 0.3 is 18.0 Å². The third kappa shape index (κ3) is 28.3. The van der Waals surface area contributed by atoms with Gasteiger partial charge in [-0.25, -0.2) is 14.4 Å². The standard InChI is InChI=1S/C75H113N9O23.C9H11NO4/c1-14-43(6)63(56(103-12)38-61(91)83-33-20-24-51(83)68(104-13)45(8)53(85)35-44(7)64(92)47-21-16-15-17-22-47)81(9)72(98)48(41(2)3)37-54(86)62(42(4)5)82(10)75(101)105-40-46-25-26-55(106-74-67(95)65(93)66(94)69(107-74)73(99)100)50(36-46)79-58(88)29-32-78-70(96)49(23-18-19-31-77-57(87)30-34-102-11)80-71(97)52(39-76)84-59(89)27-28-60(84)90;1-2-3-6(9(13)14)10-7(11)4-5-8(10)12/h15-17,21-22,25-28,36,41-45,48-49,51-52,56,62-69,74,92-95H,14,18-20,23-24,29-35,37-40,76H2,1-13H3,(H,77,87)(H,78,96)(H,79,88)(H,80,97)(H,99,100);4-6H,2-3H2,1H3,(H,13,14)/t43-,44-,45-,48-,49-,51-,52+,56+,62-,63-,64+,65-,66-,67+,68+,69-,74+;6-/m01/s1. The zero-order chi connectivity index (χ0) is 90.4. The van der Waals surface area contributed by atoms with Gasteiger partial charge in [0.2, 0.25) is 41.7 Å². The SMILES string of the molecule is CCC[C@H](C(=O)O)N1C(=O)C=CC1=O.CC[C@H](C)[C@@H]([C@@H](CC(=O)N1CCC[C@H]1[C@H](OC)[C@@H](C)C(=O)C[C@H](C)[C@@H](O)c1ccccc1)OC)N(C)C(=O)[C@@H](CC(=O)[C@H](C(C)C)N(C)C(=O)OCc1ccc(O[C@@H]2O[C@H](C(=O)O)[C@@H](O)[C@H](O)[C@H]2O)c(NC(=O)CCNC(=O)[C@H](CCCCNC(=O)CCOC)NC(=O)[C@@H](CN)N2C(=O)C=CC2=O)c1)C(C)C. The first kappa shape index (κ1) is 102. The summed E-state index contributed by atoms with van der Waals surface area (Å²) in [5, 5.41) is 71.9. The lowest BCUT2D eigenvalue weighted by atomic mass is 9.83. The van der Waals surface area contributed by atoms with E-state index in [1.165, 1.54) is 46.6 Å². The van der Waals surface area contributed by atoms with Gasteiger partial charge in [-0.15, -0.1) is 0 Å². The Morgan fingerprint density at radius 1 is 0.678 bits per heavy atom. The molecule has 4 aliphatic rings. The number of hydrogen-bond donors (Lipinski definition) is 11. The number of ketones is 2. The van der Waals surface area contributed by atoms with Crippen molar-refractivity contribution in [3.8, 4) is 5.75 Å². The fourth-order valence-electron chi connectivity index (χ4n) is 15.2. The second kappa shape index (κ2) is 49.2. The number of carbonyl (C=O) groups excluding carboxylic acids is 13. The number of benzene rings is 2. The number of likely N-dealkylation sites (N-methyl/N-ethyl adjacent to an activating group) is 2. The number of nitrogens with two attached hydrogens (primary N) is 1. The molecule has 0 bridgehead atoms. The second-order valence-electron chi connectivity index (χ2n) is 31.5. The minimum atomic E-state index is -2.08. The van der Waals surface area contributed by atoms with E-state index in [9.17, 15) is 92.7 Å². The number of aliphatic hydroxyl groups is 4. The van der Waals surface area contributed by atoms with Crippen LogP contribution in [0.3, 0.4) is 0 Å². The Kier molecular flexibility index (Phi) is 41.3. The fourth-order valence-corrected chi connectivity index (χ4v) is 15.2. The average molecular weight is 1710 g/mol. The highest BCUT2D eigenvalue weighted by atomic mass is 16.7. The Morgan fingerprint density at radius 3 is 1.86 bits per heavy atom. The Balaban J connectivity index is 0.00000168. The van der Waals surface area contributed by atoms with Gasteiger partial charge in [0.15, 0.2) is 11.9 Å². The Bertz CT molecular complexity index is 3920. The fraction of sp³-hybridized carbons (Fsp3) is 0.631. The van der Waals surface area contributed by atoms with E-state index < -0.39 is 194 Å². The monoisotopic (exact) mass is 1700 g/mol. The number of carboxylic acids is 2. The number of methoxy groups -OCH3 is 3. The molecule has 37 nitrogen and oxygen atoms in total. The number of nitrogens with zero attached hydrogens (tertiary/aromatic N) is 5. The van der Waals surface area contributed by atoms with Crippen molar-refractivity contribution in [1.29, 1.82) is 0 Å². The molecule has 672 valence electrons. The Labute approximate surface area is 705 Å². The lowest BCUT2D eigenvalue weighted by molar-refractivity contribution is -0.271. The number of nitrogens with one attached hydrogen (secondary N) is 4. The molecule has 12 N–H and O–H groups in total. The summed E-state index contributed by atoms with van der Waals surface area (Å²) in [7, 11) is 7.44. The van der Waals surface area contributed by atoms with Crippen molar-refractivity contribution < 1.29 is 131 Å². The van der Waals surface area contributed by atoms with Crippen LogP contribution in [-0.4, -0.2) is 291 Å². The highest BCUT2D eigenvalue weighted by Gasteiger charge is 2.50. The summed E-state index contributed by atoms with van der Waals surface area (Å²) in [5.41, 5.74) is 6.52. The average Bonchev–Trinajstić information content (AvgIpc) is 1.59. The second-order valence-corrected chi connectivity index (χ2v) is 31.5. The van der Waals surface area contributed by atoms with Gasteiger partial charge in [0, 0.05) is 123 Å². The van der Waals surface area contributed by atoms with Gasteiger partial charge in [-0.3, -0.25) is 67.3 Å². The Morgan fingerprint density at radius 2 is 1.31 bits per heavy atom. The lowest BCUT2D eigenvalue weighted by Gasteiger charge is -2.41. The molecule has 37 heteroatoms. The van der Waals surface area contributed by atoms with Crippen LogP contribution in [0.5, 0.6) is 5.75 Å². The summed E-state index contributed by atoms with van der Waals surface area (Å²) in [6.07, 6.45) is -6.76. The van der Waals surface area contributed by atoms with Gasteiger partial charge in [0.05, 0.1) is 55.2 Å². The molecule has 2 aromatic rings. The molecule has 0 radical (unpaired) electrons. The van der Waals surface area contributed by atoms with Crippen molar-refractivity contribution in [2.45, 2.75) is 238 Å². The number of amides is 11. The van der Waals surface area contributed by atoms with Crippen LogP contribution in [-0.2, 0) is 97.4 Å². The van der Waals surface area contributed by atoms with Crippen LogP contribution in [0.15, 0.2) is 72.8 Å². The van der Waals surface area contributed by atoms with E-state index in [0.717, 1.165) is 34.1 Å². The number of likely N-dealkylation sites (tertiary alicyclic amines) is 1. The van der Waals surface area contributed by atoms with Crippen LogP contribution < -0.4 is 31.7 Å². The lowest BCUT2D eigenvalue weighted by Crippen LogP contribution is -2.61. The number of anilines is 1. The van der Waals surface area contributed by atoms with Gasteiger partial charge in [-0.2, -0.15) is 0 Å². The van der Waals surface area contributed by atoms with E-state index in [0.29, 0.717) is 49.1 Å². The number of rotatable bonds is 48. The first-order chi connectivity index (χ1) is 57.2. The van der Waals surface area contributed by atoms with E-state index in [1.807, 2.05) is 51.1 Å². The van der Waals surface area contributed by atoms with Gasteiger partial charge in [-0.1, -0.05) is 112 Å². The summed E-state index contributed by atoms with van der Waals surface area (Å²) in [4.78, 5) is 202. The molecular weight excluding hydrogens is 1580 g/mol. The molecule has 6 rings (SSSR count). The topological polar surface area (TPSA) is 523 Å². The highest BCUT2D eigenvalue weighted by molar-refractivity contribution is 6.16. The van der Waals surface area contributed by atoms with Gasteiger partial charge in [0.25, 0.3) is 23.6 Å². The molecule has 4 heterocycles. The van der Waals surface area contributed by atoms with Crippen LogP contribution in [0.4, 0.5) is 10.5 Å². The van der Waals surface area contributed by atoms with E-state index >= 15 is 4.79 Å². The first-order valence-electron chi connectivity index (χ1n) is 40.9. The highest BCUT2D eigenvalue weighted by Crippen LogP contribution is 2.36. The summed E-state index contributed by atoms with van der Waals surface area (Å²) < 4.78 is 34.0. The van der Waals surface area contributed by atoms with Crippen molar-refractivity contribution in [3.63, 3.8) is 0 Å². The normalized spacial score (nSPS) is 20.7. The van der Waals surface area contributed by atoms with Crippen molar-refractivity contribution in [2.24, 2.45) is 41.2 Å². The zero-order valence-corrected chi connectivity index (χ0v) is 71.5. The molecule has 0 saturated carbocycles. The Hall–Kier alpha value is -9.99. The van der Waals surface area contributed by atoms with E-state index in [1.54, 1.807) is 58.4 Å².